The first kappa shape index (κ1) is 11.6. The first-order valence-electron chi connectivity index (χ1n) is 4.70. The van der Waals surface area contributed by atoms with Gasteiger partial charge in [0.1, 0.15) is 6.29 Å². The van der Waals surface area contributed by atoms with Crippen molar-refractivity contribution in [2.75, 3.05) is 0 Å². The first-order chi connectivity index (χ1) is 5.54. The summed E-state index contributed by atoms with van der Waals surface area (Å²) in [6, 6.07) is 0. The van der Waals surface area contributed by atoms with Crippen molar-refractivity contribution in [3.63, 3.8) is 0 Å². The number of carbonyl (C=O) groups is 1. The minimum Gasteiger partial charge on any atom is -0.389 e. The Morgan fingerprint density at radius 2 is 2.17 bits per heavy atom. The summed E-state index contributed by atoms with van der Waals surface area (Å²) in [6.07, 6.45) is 4.30. The van der Waals surface area contributed by atoms with E-state index in [2.05, 4.69) is 6.92 Å². The zero-order valence-corrected chi connectivity index (χ0v) is 8.34. The third kappa shape index (κ3) is 3.86. The van der Waals surface area contributed by atoms with Gasteiger partial charge >= 0.3 is 0 Å². The average Bonchev–Trinajstić information content (AvgIpc) is 2.00. The quantitative estimate of drug-likeness (QED) is 0.623. The molecular weight excluding hydrogens is 152 g/mol. The van der Waals surface area contributed by atoms with Gasteiger partial charge in [-0.05, 0) is 19.3 Å². The van der Waals surface area contributed by atoms with Crippen molar-refractivity contribution in [2.24, 2.45) is 5.92 Å². The lowest BCUT2D eigenvalue weighted by molar-refractivity contribution is -0.113. The van der Waals surface area contributed by atoms with Crippen LogP contribution < -0.4 is 0 Å². The number of rotatable bonds is 6. The molecule has 2 heteroatoms. The lowest BCUT2D eigenvalue weighted by Crippen LogP contribution is -2.33. The van der Waals surface area contributed by atoms with Gasteiger partial charge in [0.2, 0.25) is 0 Å². The van der Waals surface area contributed by atoms with E-state index >= 15 is 0 Å². The van der Waals surface area contributed by atoms with Crippen molar-refractivity contribution < 1.29 is 9.90 Å². The third-order valence-corrected chi connectivity index (χ3v) is 2.55. The van der Waals surface area contributed by atoms with E-state index in [1.54, 1.807) is 6.92 Å². The van der Waals surface area contributed by atoms with Gasteiger partial charge in [0, 0.05) is 6.42 Å². The van der Waals surface area contributed by atoms with Crippen LogP contribution in [0.3, 0.4) is 0 Å². The number of hydrogen-bond acceptors (Lipinski definition) is 2. The van der Waals surface area contributed by atoms with E-state index in [0.29, 0.717) is 0 Å². The molecule has 0 amide bonds. The van der Waals surface area contributed by atoms with Crippen LogP contribution in [0.25, 0.3) is 0 Å². The number of aliphatic hydroxyl groups is 1. The molecule has 12 heavy (non-hydrogen) atoms. The summed E-state index contributed by atoms with van der Waals surface area (Å²) in [5, 5.41) is 9.78. The maximum absolute atomic E-state index is 10.2. The summed E-state index contributed by atoms with van der Waals surface area (Å²) in [4.78, 5) is 10.2. The van der Waals surface area contributed by atoms with Gasteiger partial charge in [-0.25, -0.2) is 0 Å². The van der Waals surface area contributed by atoms with Gasteiger partial charge in [0.15, 0.2) is 0 Å². The largest absolute Gasteiger partial charge is 0.389 e. The molecule has 0 aromatic heterocycles. The van der Waals surface area contributed by atoms with Crippen molar-refractivity contribution in [3.8, 4) is 0 Å². The Morgan fingerprint density at radius 3 is 2.58 bits per heavy atom. The number of hydrogen-bond donors (Lipinski definition) is 1. The topological polar surface area (TPSA) is 37.3 Å². The molecule has 0 bridgehead atoms. The fourth-order valence-corrected chi connectivity index (χ4v) is 1.19. The van der Waals surface area contributed by atoms with Gasteiger partial charge in [0.05, 0.1) is 5.60 Å². The molecular formula is C10H20O2. The van der Waals surface area contributed by atoms with Crippen molar-refractivity contribution >= 4 is 6.29 Å². The molecule has 0 spiro atoms. The molecule has 0 aliphatic rings. The smallest absolute Gasteiger partial charge is 0.122 e. The minimum atomic E-state index is -0.809. The molecule has 0 aromatic carbocycles. The Morgan fingerprint density at radius 1 is 1.58 bits per heavy atom. The van der Waals surface area contributed by atoms with E-state index in [-0.39, 0.29) is 12.3 Å². The van der Waals surface area contributed by atoms with Crippen LogP contribution in [-0.4, -0.2) is 17.0 Å². The van der Waals surface area contributed by atoms with E-state index in [4.69, 9.17) is 0 Å². The van der Waals surface area contributed by atoms with Crippen LogP contribution in [0.2, 0.25) is 0 Å². The summed E-state index contributed by atoms with van der Waals surface area (Å²) in [5.41, 5.74) is -0.809. The summed E-state index contributed by atoms with van der Waals surface area (Å²) >= 11 is 0. The van der Waals surface area contributed by atoms with Crippen molar-refractivity contribution in [3.05, 3.63) is 0 Å². The molecule has 72 valence electrons. The summed E-state index contributed by atoms with van der Waals surface area (Å²) in [5.74, 6) is 0.211. The highest BCUT2D eigenvalue weighted by Gasteiger charge is 2.26. The van der Waals surface area contributed by atoms with Gasteiger partial charge in [0.25, 0.3) is 0 Å². The molecule has 0 fully saturated rings. The van der Waals surface area contributed by atoms with Crippen LogP contribution in [0.1, 0.15) is 46.5 Å². The molecule has 0 rings (SSSR count). The van der Waals surface area contributed by atoms with Crippen LogP contribution in [0.4, 0.5) is 0 Å². The number of aldehydes is 1. The molecule has 0 aromatic rings. The number of carbonyl (C=O) groups excluding carboxylic acids is 1. The molecule has 0 saturated heterocycles. The summed E-state index contributed by atoms with van der Waals surface area (Å²) in [6.45, 7) is 5.86. The van der Waals surface area contributed by atoms with E-state index < -0.39 is 5.60 Å². The highest BCUT2D eigenvalue weighted by molar-refractivity contribution is 5.51. The zero-order chi connectivity index (χ0) is 9.61. The second kappa shape index (κ2) is 5.31. The molecule has 2 nitrogen and oxygen atoms in total. The van der Waals surface area contributed by atoms with Crippen LogP contribution in [0.15, 0.2) is 0 Å². The Balaban J connectivity index is 3.86. The van der Waals surface area contributed by atoms with Gasteiger partial charge < -0.3 is 9.90 Å². The van der Waals surface area contributed by atoms with Crippen LogP contribution >= 0.6 is 0 Å². The molecule has 0 aliphatic heterocycles. The minimum absolute atomic E-state index is 0.211. The standard InChI is InChI=1S/C10H20O2/c1-4-5-6-9(2)10(3,12)7-8-11/h8-9,12H,4-7H2,1-3H3. The molecule has 0 radical (unpaired) electrons. The Bertz CT molecular complexity index is 130. The number of unbranched alkanes of at least 4 members (excludes halogenated alkanes) is 1. The summed E-state index contributed by atoms with van der Waals surface area (Å²) in [7, 11) is 0. The third-order valence-electron chi connectivity index (χ3n) is 2.55. The van der Waals surface area contributed by atoms with E-state index in [0.717, 1.165) is 25.5 Å². The van der Waals surface area contributed by atoms with Crippen LogP contribution in [0, 0.1) is 5.92 Å². The lowest BCUT2D eigenvalue weighted by atomic mass is 9.85. The first-order valence-corrected chi connectivity index (χ1v) is 4.70. The normalized spacial score (nSPS) is 18.3. The second-order valence-corrected chi connectivity index (χ2v) is 3.77. The van der Waals surface area contributed by atoms with E-state index in [1.165, 1.54) is 0 Å². The van der Waals surface area contributed by atoms with Gasteiger partial charge in [-0.1, -0.05) is 26.7 Å². The second-order valence-electron chi connectivity index (χ2n) is 3.77. The van der Waals surface area contributed by atoms with E-state index in [9.17, 15) is 9.90 Å². The molecule has 0 aliphatic carbocycles. The van der Waals surface area contributed by atoms with Crippen molar-refractivity contribution in [1.82, 2.24) is 0 Å². The SMILES string of the molecule is CCCCC(C)C(C)(O)CC=O. The van der Waals surface area contributed by atoms with Crippen molar-refractivity contribution in [1.29, 1.82) is 0 Å². The maximum atomic E-state index is 10.2. The molecule has 1 N–H and O–H groups in total. The molecule has 0 saturated carbocycles. The Hall–Kier alpha value is -0.370. The predicted molar refractivity (Wildman–Crippen MR) is 50.0 cm³/mol. The average molecular weight is 172 g/mol. The Kier molecular flexibility index (Phi) is 5.14. The summed E-state index contributed by atoms with van der Waals surface area (Å²) < 4.78 is 0. The fourth-order valence-electron chi connectivity index (χ4n) is 1.19. The van der Waals surface area contributed by atoms with Crippen LogP contribution in [0.5, 0.6) is 0 Å². The maximum Gasteiger partial charge on any atom is 0.122 e. The van der Waals surface area contributed by atoms with Gasteiger partial charge in [-0.3, -0.25) is 0 Å². The molecule has 2 atom stereocenters. The van der Waals surface area contributed by atoms with E-state index in [1.807, 2.05) is 6.92 Å². The van der Waals surface area contributed by atoms with Crippen molar-refractivity contribution in [2.45, 2.75) is 52.1 Å². The highest BCUT2D eigenvalue weighted by atomic mass is 16.3. The van der Waals surface area contributed by atoms with Gasteiger partial charge in [-0.15, -0.1) is 0 Å². The molecule has 0 heterocycles. The monoisotopic (exact) mass is 172 g/mol. The lowest BCUT2D eigenvalue weighted by Gasteiger charge is -2.28. The Labute approximate surface area is 75.0 Å². The highest BCUT2D eigenvalue weighted by Crippen LogP contribution is 2.24. The zero-order valence-electron chi connectivity index (χ0n) is 8.34. The van der Waals surface area contributed by atoms with Gasteiger partial charge in [-0.2, -0.15) is 0 Å². The molecule has 2 unspecified atom stereocenters. The predicted octanol–water partition coefficient (Wildman–Crippen LogP) is 2.15. The van der Waals surface area contributed by atoms with Crippen LogP contribution in [-0.2, 0) is 4.79 Å². The fraction of sp³-hybridized carbons (Fsp3) is 0.900.